The third-order valence-electron chi connectivity index (χ3n) is 7.10. The van der Waals surface area contributed by atoms with Crippen LogP contribution in [0.2, 0.25) is 0 Å². The summed E-state index contributed by atoms with van der Waals surface area (Å²) in [6.45, 7) is 0.369. The van der Waals surface area contributed by atoms with Crippen LogP contribution >= 0.6 is 0 Å². The highest BCUT2D eigenvalue weighted by Crippen LogP contribution is 2.49. The van der Waals surface area contributed by atoms with Crippen LogP contribution < -0.4 is 10.1 Å². The fourth-order valence-electron chi connectivity index (χ4n) is 5.25. The number of nitrogens with zero attached hydrogens (tertiary/aromatic N) is 1. The highest BCUT2D eigenvalue weighted by Gasteiger charge is 2.37. The Morgan fingerprint density at radius 3 is 2.53 bits per heavy atom. The first kappa shape index (κ1) is 22.3. The van der Waals surface area contributed by atoms with Crippen molar-refractivity contribution in [1.29, 1.82) is 0 Å². The molecule has 0 spiro atoms. The minimum atomic E-state index is -0.249. The van der Waals surface area contributed by atoms with Gasteiger partial charge >= 0.3 is 0 Å². The quantitative estimate of drug-likeness (QED) is 0.227. The van der Waals surface area contributed by atoms with E-state index in [1.807, 2.05) is 30.5 Å². The number of anilines is 1. The molecule has 0 radical (unpaired) electrons. The molecule has 36 heavy (non-hydrogen) atoms. The van der Waals surface area contributed by atoms with E-state index in [9.17, 15) is 4.39 Å². The molecule has 0 fully saturated rings. The van der Waals surface area contributed by atoms with Gasteiger partial charge in [0.05, 0.1) is 11.7 Å². The molecule has 4 aromatic rings. The van der Waals surface area contributed by atoms with Crippen molar-refractivity contribution < 1.29 is 9.13 Å². The number of nitrogens with one attached hydrogen (secondary N) is 1. The van der Waals surface area contributed by atoms with Crippen molar-refractivity contribution in [3.8, 4) is 5.75 Å². The molecule has 1 heterocycles. The minimum absolute atomic E-state index is 0.249. The average molecular weight is 475 g/mol. The van der Waals surface area contributed by atoms with E-state index in [-0.39, 0.29) is 11.9 Å². The monoisotopic (exact) mass is 474 g/mol. The lowest BCUT2D eigenvalue weighted by Crippen LogP contribution is -2.28. The summed E-state index contributed by atoms with van der Waals surface area (Å²) in [6, 6.07) is 31.6. The molecular weight excluding hydrogens is 447 g/mol. The third-order valence-corrected chi connectivity index (χ3v) is 7.10. The average Bonchev–Trinajstić information content (AvgIpc) is 3.42. The maximum absolute atomic E-state index is 13.2. The zero-order valence-electron chi connectivity index (χ0n) is 19.8. The molecule has 4 aromatic carbocycles. The van der Waals surface area contributed by atoms with Crippen molar-refractivity contribution >= 4 is 17.6 Å². The van der Waals surface area contributed by atoms with E-state index < -0.39 is 0 Å². The topological polar surface area (TPSA) is 33.6 Å². The number of para-hydroxylation sites is 2. The van der Waals surface area contributed by atoms with Crippen LogP contribution in [0.25, 0.3) is 0 Å². The Morgan fingerprint density at radius 1 is 0.889 bits per heavy atom. The van der Waals surface area contributed by atoms with Crippen LogP contribution in [0.15, 0.2) is 114 Å². The number of halogens is 1. The van der Waals surface area contributed by atoms with Crippen molar-refractivity contribution in [2.45, 2.75) is 25.0 Å². The molecule has 1 aliphatic heterocycles. The summed E-state index contributed by atoms with van der Waals surface area (Å²) in [5.74, 6) is 1.49. The molecule has 0 saturated heterocycles. The predicted molar refractivity (Wildman–Crippen MR) is 144 cm³/mol. The Kier molecular flexibility index (Phi) is 6.08. The van der Waals surface area contributed by atoms with Crippen molar-refractivity contribution in [1.82, 2.24) is 0 Å². The first-order valence-corrected chi connectivity index (χ1v) is 12.4. The zero-order valence-corrected chi connectivity index (χ0v) is 19.8. The van der Waals surface area contributed by atoms with E-state index in [4.69, 9.17) is 9.73 Å². The van der Waals surface area contributed by atoms with Gasteiger partial charge in [0.2, 0.25) is 0 Å². The van der Waals surface area contributed by atoms with Gasteiger partial charge in [-0.25, -0.2) is 4.39 Å². The molecule has 4 heteroatoms. The summed E-state index contributed by atoms with van der Waals surface area (Å²) in [7, 11) is 0. The molecule has 1 N–H and O–H groups in total. The Bertz CT molecular complexity index is 1410. The Balaban J connectivity index is 1.17. The normalized spacial score (nSPS) is 20.1. The lowest BCUT2D eigenvalue weighted by atomic mass is 9.77. The van der Waals surface area contributed by atoms with Gasteiger partial charge in [0.25, 0.3) is 0 Å². The number of hydrogen-bond donors (Lipinski definition) is 1. The number of hydrogen-bond acceptors (Lipinski definition) is 3. The maximum atomic E-state index is 13.2. The number of benzene rings is 4. The summed E-state index contributed by atoms with van der Waals surface area (Å²) in [5.41, 5.74) is 6.62. The molecule has 6 rings (SSSR count). The van der Waals surface area contributed by atoms with Crippen LogP contribution in [0.5, 0.6) is 5.75 Å². The molecule has 3 nitrogen and oxygen atoms in total. The highest BCUT2D eigenvalue weighted by molar-refractivity contribution is 5.85. The van der Waals surface area contributed by atoms with Gasteiger partial charge in [0.15, 0.2) is 0 Å². The van der Waals surface area contributed by atoms with Gasteiger partial charge in [-0.05, 0) is 71.5 Å². The number of allylic oxidation sites excluding steroid dienone is 2. The third kappa shape index (κ3) is 4.55. The van der Waals surface area contributed by atoms with E-state index in [1.54, 1.807) is 12.1 Å². The van der Waals surface area contributed by atoms with Crippen molar-refractivity contribution in [3.63, 3.8) is 0 Å². The second-order valence-electron chi connectivity index (χ2n) is 9.37. The van der Waals surface area contributed by atoms with Crippen LogP contribution in [0.4, 0.5) is 15.8 Å². The SMILES string of the molecule is Fc1ccc(COc2ccccc2C=Nc2ccc([C@@H]3Nc4ccccc4[C@H]4C=CC[C@@H]43)cc2)cc1. The Labute approximate surface area is 211 Å². The highest BCUT2D eigenvalue weighted by atomic mass is 19.1. The first-order valence-electron chi connectivity index (χ1n) is 12.4. The van der Waals surface area contributed by atoms with Crippen molar-refractivity contribution in [2.24, 2.45) is 10.9 Å². The van der Waals surface area contributed by atoms with Gasteiger partial charge in [-0.3, -0.25) is 4.99 Å². The summed E-state index contributed by atoms with van der Waals surface area (Å²) in [6.07, 6.45) is 7.61. The zero-order chi connectivity index (χ0) is 24.3. The molecule has 3 atom stereocenters. The van der Waals surface area contributed by atoms with E-state index >= 15 is 0 Å². The van der Waals surface area contributed by atoms with E-state index in [1.165, 1.54) is 28.9 Å². The van der Waals surface area contributed by atoms with Gasteiger partial charge in [-0.1, -0.05) is 66.7 Å². The Morgan fingerprint density at radius 2 is 1.67 bits per heavy atom. The molecule has 178 valence electrons. The van der Waals surface area contributed by atoms with Crippen molar-refractivity contribution in [3.05, 3.63) is 137 Å². The number of aliphatic imine (C=N–C) groups is 1. The molecule has 0 amide bonds. The van der Waals surface area contributed by atoms with Crippen molar-refractivity contribution in [2.75, 3.05) is 5.32 Å². The minimum Gasteiger partial charge on any atom is -0.488 e. The molecule has 2 aliphatic rings. The van der Waals surface area contributed by atoms with Crippen LogP contribution in [0, 0.1) is 11.7 Å². The predicted octanol–water partition coefficient (Wildman–Crippen LogP) is 7.98. The second kappa shape index (κ2) is 9.82. The van der Waals surface area contributed by atoms with E-state index in [2.05, 4.69) is 66.0 Å². The lowest BCUT2D eigenvalue weighted by molar-refractivity contribution is 0.305. The van der Waals surface area contributed by atoms with Crippen LogP contribution in [0.1, 0.15) is 40.6 Å². The van der Waals surface area contributed by atoms with Gasteiger partial charge in [0, 0.05) is 23.4 Å². The Hall–Kier alpha value is -4.18. The van der Waals surface area contributed by atoms with Gasteiger partial charge in [-0.15, -0.1) is 0 Å². The fraction of sp³-hybridized carbons (Fsp3) is 0.156. The number of rotatable bonds is 6. The summed E-state index contributed by atoms with van der Waals surface area (Å²) in [5, 5.41) is 3.78. The standard InChI is InChI=1S/C32H27FN2O/c33-25-16-12-22(13-17-25)21-36-31-11-4-1-6-24(31)20-34-26-18-14-23(15-19-26)32-29-9-5-8-27(29)28-7-2-3-10-30(28)35-32/h1-8,10-20,27,29,32,35H,9,21H2/t27-,29+,32+/m1/s1. The fourth-order valence-corrected chi connectivity index (χ4v) is 5.25. The molecule has 0 saturated carbocycles. The molecule has 1 aliphatic carbocycles. The van der Waals surface area contributed by atoms with Gasteiger partial charge < -0.3 is 10.1 Å². The molecule has 0 unspecified atom stereocenters. The second-order valence-corrected chi connectivity index (χ2v) is 9.37. The van der Waals surface area contributed by atoms with E-state index in [0.717, 1.165) is 29.0 Å². The maximum Gasteiger partial charge on any atom is 0.128 e. The lowest BCUT2D eigenvalue weighted by Gasteiger charge is -2.37. The summed E-state index contributed by atoms with van der Waals surface area (Å²) >= 11 is 0. The van der Waals surface area contributed by atoms with Gasteiger partial charge in [-0.2, -0.15) is 0 Å². The largest absolute Gasteiger partial charge is 0.488 e. The van der Waals surface area contributed by atoms with Gasteiger partial charge in [0.1, 0.15) is 18.2 Å². The van der Waals surface area contributed by atoms with Crippen LogP contribution in [-0.4, -0.2) is 6.21 Å². The number of fused-ring (bicyclic) bond motifs is 3. The van der Waals surface area contributed by atoms with Crippen LogP contribution in [0.3, 0.4) is 0 Å². The molecular formula is C32H27FN2O. The molecule has 0 bridgehead atoms. The van der Waals surface area contributed by atoms with Crippen LogP contribution in [-0.2, 0) is 6.61 Å². The van der Waals surface area contributed by atoms with E-state index in [0.29, 0.717) is 18.4 Å². The number of ether oxygens (including phenoxy) is 1. The molecule has 0 aromatic heterocycles. The smallest absolute Gasteiger partial charge is 0.128 e. The first-order chi connectivity index (χ1) is 17.7. The summed E-state index contributed by atoms with van der Waals surface area (Å²) in [4.78, 5) is 4.71. The summed E-state index contributed by atoms with van der Waals surface area (Å²) < 4.78 is 19.1.